The van der Waals surface area contributed by atoms with Gasteiger partial charge < -0.3 is 5.11 Å². The summed E-state index contributed by atoms with van der Waals surface area (Å²) in [6.07, 6.45) is 3.02. The van der Waals surface area contributed by atoms with Crippen LogP contribution in [0.1, 0.15) is 22.3 Å². The highest BCUT2D eigenvalue weighted by atomic mass is 19.1. The van der Waals surface area contributed by atoms with Crippen LogP contribution in [-0.2, 0) is 0 Å². The lowest BCUT2D eigenvalue weighted by molar-refractivity contribution is 0.102. The molecule has 0 fully saturated rings. The average molecular weight is 286 g/mol. The van der Waals surface area contributed by atoms with E-state index >= 15 is 0 Å². The maximum atomic E-state index is 13.9. The average Bonchev–Trinajstić information content (AvgIpc) is 2.48. The summed E-state index contributed by atoms with van der Waals surface area (Å²) in [5.41, 5.74) is 0.283. The zero-order chi connectivity index (χ0) is 15.1. The summed E-state index contributed by atoms with van der Waals surface area (Å²) in [4.78, 5) is 15.6. The molecule has 2 N–H and O–H groups in total. The van der Waals surface area contributed by atoms with E-state index in [4.69, 9.17) is 5.11 Å². The summed E-state index contributed by atoms with van der Waals surface area (Å²) in [6, 6.07) is 4.00. The van der Waals surface area contributed by atoms with Crippen LogP contribution >= 0.6 is 0 Å². The Balaban J connectivity index is 2.14. The number of amides is 1. The van der Waals surface area contributed by atoms with Gasteiger partial charge in [0.2, 0.25) is 5.95 Å². The van der Waals surface area contributed by atoms with E-state index in [1.165, 1.54) is 24.5 Å². The fourth-order valence-electron chi connectivity index (χ4n) is 1.47. The van der Waals surface area contributed by atoms with E-state index in [0.717, 1.165) is 6.07 Å². The Labute approximate surface area is 120 Å². The molecule has 0 atom stereocenters. The molecule has 0 aliphatic carbocycles. The molecule has 1 aromatic heterocycles. The second kappa shape index (κ2) is 7.07. The van der Waals surface area contributed by atoms with Gasteiger partial charge >= 0.3 is 0 Å². The number of rotatable bonds is 3. The number of nitrogens with zero attached hydrogens (tertiary/aromatic N) is 3. The molecule has 1 amide bonds. The van der Waals surface area contributed by atoms with Crippen LogP contribution in [0.25, 0.3) is 0 Å². The lowest BCUT2D eigenvalue weighted by atomic mass is 10.1. The van der Waals surface area contributed by atoms with Crippen LogP contribution in [0.5, 0.6) is 0 Å². The van der Waals surface area contributed by atoms with E-state index in [1.807, 2.05) is 0 Å². The number of nitrogens with one attached hydrogen (secondary N) is 1. The highest BCUT2D eigenvalue weighted by molar-refractivity contribution is 6.03. The van der Waals surface area contributed by atoms with Gasteiger partial charge in [-0.05, 0) is 18.2 Å². The van der Waals surface area contributed by atoms with Crippen molar-refractivity contribution < 1.29 is 14.3 Å². The van der Waals surface area contributed by atoms with Crippen LogP contribution in [0.3, 0.4) is 0 Å². The molecule has 0 unspecified atom stereocenters. The highest BCUT2D eigenvalue weighted by Crippen LogP contribution is 2.11. The molecular weight excluding hydrogens is 275 g/mol. The number of aliphatic hydroxyl groups excluding tert-OH is 1. The molecule has 0 saturated heterocycles. The third kappa shape index (κ3) is 4.06. The van der Waals surface area contributed by atoms with Crippen molar-refractivity contribution in [3.63, 3.8) is 0 Å². The van der Waals surface area contributed by atoms with Crippen LogP contribution in [0.2, 0.25) is 0 Å². The first kappa shape index (κ1) is 14.6. The van der Waals surface area contributed by atoms with E-state index in [1.54, 1.807) is 0 Å². The fraction of sp³-hybridized carbons (Fsp3) is 0.143. The number of hydrogen-bond acceptors (Lipinski definition) is 5. The maximum absolute atomic E-state index is 13.9. The summed E-state index contributed by atoms with van der Waals surface area (Å²) in [5.74, 6) is 3.98. The molecule has 1 heterocycles. The van der Waals surface area contributed by atoms with Gasteiger partial charge in [-0.3, -0.25) is 10.1 Å². The maximum Gasteiger partial charge on any atom is 0.261 e. The number of carbonyl (C=O) groups excluding carboxylic acids is 1. The minimum atomic E-state index is -0.702. The van der Waals surface area contributed by atoms with Crippen molar-refractivity contribution in [2.75, 3.05) is 11.9 Å². The molecule has 1 aromatic carbocycles. The van der Waals surface area contributed by atoms with Gasteiger partial charge in [0.1, 0.15) is 5.82 Å². The summed E-state index contributed by atoms with van der Waals surface area (Å²) in [5, 5.41) is 18.1. The number of halogens is 1. The summed E-state index contributed by atoms with van der Waals surface area (Å²) < 4.78 is 13.9. The number of hydrogen-bond donors (Lipinski definition) is 2. The SMILES string of the molecule is O=C(Nc1nccnn1)c1ccc(C#CCCO)cc1F. The molecule has 2 rings (SSSR count). The Hall–Kier alpha value is -2.85. The van der Waals surface area contributed by atoms with E-state index in [2.05, 4.69) is 32.3 Å². The Morgan fingerprint density at radius 1 is 1.38 bits per heavy atom. The number of anilines is 1. The summed E-state index contributed by atoms with van der Waals surface area (Å²) >= 11 is 0. The first-order valence-corrected chi connectivity index (χ1v) is 6.05. The summed E-state index contributed by atoms with van der Waals surface area (Å²) in [7, 11) is 0. The summed E-state index contributed by atoms with van der Waals surface area (Å²) in [6.45, 7) is -0.0545. The Bertz CT molecular complexity index is 695. The van der Waals surface area contributed by atoms with Gasteiger partial charge in [-0.2, -0.15) is 5.10 Å². The molecule has 21 heavy (non-hydrogen) atoms. The predicted molar refractivity (Wildman–Crippen MR) is 72.8 cm³/mol. The third-order valence-corrected chi connectivity index (χ3v) is 2.39. The molecule has 0 radical (unpaired) electrons. The predicted octanol–water partition coefficient (Wildman–Crippen LogP) is 0.997. The molecule has 0 spiro atoms. The molecule has 6 nitrogen and oxygen atoms in total. The smallest absolute Gasteiger partial charge is 0.261 e. The fourth-order valence-corrected chi connectivity index (χ4v) is 1.47. The zero-order valence-electron chi connectivity index (χ0n) is 10.9. The Morgan fingerprint density at radius 3 is 2.90 bits per heavy atom. The van der Waals surface area contributed by atoms with E-state index in [9.17, 15) is 9.18 Å². The molecule has 106 valence electrons. The van der Waals surface area contributed by atoms with Gasteiger partial charge in [-0.1, -0.05) is 11.8 Å². The van der Waals surface area contributed by atoms with E-state index in [0.29, 0.717) is 12.0 Å². The standard InChI is InChI=1S/C14H11FN4O2/c15-12-9-10(3-1-2-8-20)4-5-11(12)13(21)18-14-16-6-7-17-19-14/h4-7,9,20H,2,8H2,(H,16,18,19,21). The monoisotopic (exact) mass is 286 g/mol. The number of benzene rings is 1. The van der Waals surface area contributed by atoms with E-state index < -0.39 is 11.7 Å². The number of aliphatic hydroxyl groups is 1. The molecule has 2 aromatic rings. The Morgan fingerprint density at radius 2 is 2.24 bits per heavy atom. The lowest BCUT2D eigenvalue weighted by Gasteiger charge is -2.04. The van der Waals surface area contributed by atoms with Gasteiger partial charge in [0, 0.05) is 12.0 Å². The van der Waals surface area contributed by atoms with Crippen molar-refractivity contribution in [2.24, 2.45) is 0 Å². The molecule has 0 saturated carbocycles. The molecule has 0 aliphatic rings. The Kier molecular flexibility index (Phi) is 4.90. The van der Waals surface area contributed by atoms with Crippen molar-refractivity contribution in [1.29, 1.82) is 0 Å². The molecule has 7 heteroatoms. The minimum absolute atomic E-state index is 0.00582. The quantitative estimate of drug-likeness (QED) is 0.822. The van der Waals surface area contributed by atoms with Crippen LogP contribution in [0, 0.1) is 17.7 Å². The third-order valence-electron chi connectivity index (χ3n) is 2.39. The van der Waals surface area contributed by atoms with Crippen molar-refractivity contribution in [3.8, 4) is 11.8 Å². The van der Waals surface area contributed by atoms with Gasteiger partial charge in [-0.25, -0.2) is 9.37 Å². The van der Waals surface area contributed by atoms with Crippen LogP contribution in [0.4, 0.5) is 10.3 Å². The second-order valence-corrected chi connectivity index (χ2v) is 3.89. The van der Waals surface area contributed by atoms with Crippen LogP contribution in [-0.4, -0.2) is 32.8 Å². The van der Waals surface area contributed by atoms with Gasteiger partial charge in [0.25, 0.3) is 5.91 Å². The van der Waals surface area contributed by atoms with Crippen molar-refractivity contribution in [1.82, 2.24) is 15.2 Å². The normalized spacial score (nSPS) is 9.62. The van der Waals surface area contributed by atoms with Crippen molar-refractivity contribution in [3.05, 3.63) is 47.5 Å². The van der Waals surface area contributed by atoms with E-state index in [-0.39, 0.29) is 18.1 Å². The van der Waals surface area contributed by atoms with Gasteiger partial charge in [0.05, 0.1) is 24.6 Å². The second-order valence-electron chi connectivity index (χ2n) is 3.89. The topological polar surface area (TPSA) is 88.0 Å². The van der Waals surface area contributed by atoms with Crippen molar-refractivity contribution in [2.45, 2.75) is 6.42 Å². The number of carbonyl (C=O) groups is 1. The molecule has 0 aliphatic heterocycles. The van der Waals surface area contributed by atoms with Gasteiger partial charge in [0.15, 0.2) is 0 Å². The van der Waals surface area contributed by atoms with Crippen molar-refractivity contribution >= 4 is 11.9 Å². The molecule has 0 bridgehead atoms. The zero-order valence-corrected chi connectivity index (χ0v) is 10.9. The minimum Gasteiger partial charge on any atom is -0.395 e. The first-order chi connectivity index (χ1) is 10.2. The van der Waals surface area contributed by atoms with Crippen LogP contribution in [0.15, 0.2) is 30.6 Å². The van der Waals surface area contributed by atoms with Crippen LogP contribution < -0.4 is 5.32 Å². The first-order valence-electron chi connectivity index (χ1n) is 6.05. The lowest BCUT2D eigenvalue weighted by Crippen LogP contribution is -2.16. The molecular formula is C14H11FN4O2. The number of aromatic nitrogens is 3. The highest BCUT2D eigenvalue weighted by Gasteiger charge is 2.13. The van der Waals surface area contributed by atoms with Gasteiger partial charge in [-0.15, -0.1) is 5.10 Å². The largest absolute Gasteiger partial charge is 0.395 e.